The van der Waals surface area contributed by atoms with Crippen molar-refractivity contribution in [2.75, 3.05) is 18.6 Å². The lowest BCUT2D eigenvalue weighted by Gasteiger charge is -2.21. The molecule has 0 saturated carbocycles. The number of aromatic nitrogens is 3. The molecule has 0 aliphatic rings. The normalized spacial score (nSPS) is 13.5. The minimum absolute atomic E-state index is 0.0878. The first-order valence-electron chi connectivity index (χ1n) is 11.7. The van der Waals surface area contributed by atoms with Gasteiger partial charge in [0.1, 0.15) is 12.1 Å². The van der Waals surface area contributed by atoms with Gasteiger partial charge < -0.3 is 36.8 Å². The molecule has 3 unspecified atom stereocenters. The van der Waals surface area contributed by atoms with Gasteiger partial charge in [0, 0.05) is 35.4 Å². The molecule has 1 aromatic carbocycles. The molecule has 0 radical (unpaired) electrons. The fourth-order valence-electron chi connectivity index (χ4n) is 3.76. The van der Waals surface area contributed by atoms with Gasteiger partial charge in [-0.05, 0) is 36.5 Å². The van der Waals surface area contributed by atoms with Crippen LogP contribution in [0.4, 0.5) is 0 Å². The molecule has 0 bridgehead atoms. The summed E-state index contributed by atoms with van der Waals surface area (Å²) in [6, 6.07) is 4.64. The second-order valence-electron chi connectivity index (χ2n) is 8.47. The van der Waals surface area contributed by atoms with E-state index in [4.69, 9.17) is 5.73 Å². The Hall–Kier alpha value is -3.84. The second kappa shape index (κ2) is 13.5. The maximum Gasteiger partial charge on any atom is 0.326 e. The van der Waals surface area contributed by atoms with Gasteiger partial charge in [-0.2, -0.15) is 11.8 Å². The number of nitrogens with one attached hydrogen (secondary N) is 5. The molecule has 0 aliphatic carbocycles. The number of hydrogen-bond acceptors (Lipinski definition) is 7. The number of amides is 3. The maximum atomic E-state index is 12.9. The summed E-state index contributed by atoms with van der Waals surface area (Å²) in [6.45, 7) is -0.446. The van der Waals surface area contributed by atoms with E-state index in [1.54, 1.807) is 6.20 Å². The Labute approximate surface area is 217 Å². The molecule has 12 nitrogen and oxygen atoms in total. The van der Waals surface area contributed by atoms with Crippen molar-refractivity contribution in [2.24, 2.45) is 5.73 Å². The summed E-state index contributed by atoms with van der Waals surface area (Å²) in [6.07, 6.45) is 7.20. The standard InChI is InChI=1S/C24H31N7O5S/c1-37-7-6-19(24(35)36)30-21(32)12-28-23(34)20(9-15-11-26-13-29-15)31-22(33)17(25)8-14-10-27-18-5-3-2-4-16(14)18/h2-5,10-11,13,17,19-20,27H,6-9,12,25H2,1H3,(H,26,29)(H,28,34)(H,30,32)(H,31,33)(H,35,36). The minimum atomic E-state index is -1.15. The highest BCUT2D eigenvalue weighted by atomic mass is 32.2. The van der Waals surface area contributed by atoms with Crippen LogP contribution < -0.4 is 21.7 Å². The molecular weight excluding hydrogens is 498 g/mol. The number of benzene rings is 1. The molecule has 37 heavy (non-hydrogen) atoms. The van der Waals surface area contributed by atoms with E-state index in [1.807, 2.05) is 30.5 Å². The van der Waals surface area contributed by atoms with Crippen molar-refractivity contribution >= 4 is 46.4 Å². The Morgan fingerprint density at radius 3 is 2.57 bits per heavy atom. The second-order valence-corrected chi connectivity index (χ2v) is 9.46. The highest BCUT2D eigenvalue weighted by molar-refractivity contribution is 7.98. The highest BCUT2D eigenvalue weighted by Gasteiger charge is 2.26. The lowest BCUT2D eigenvalue weighted by Crippen LogP contribution is -2.54. The number of thioether (sulfide) groups is 1. The number of H-pyrrole nitrogens is 2. The topological polar surface area (TPSA) is 195 Å². The summed E-state index contributed by atoms with van der Waals surface area (Å²) in [5, 5.41) is 17.8. The lowest BCUT2D eigenvalue weighted by atomic mass is 10.0. The number of carboxylic acid groups (broad SMARTS) is 1. The van der Waals surface area contributed by atoms with E-state index in [0.717, 1.165) is 16.5 Å². The summed E-state index contributed by atoms with van der Waals surface area (Å²) in [4.78, 5) is 59.4. The molecule has 198 valence electrons. The number of nitrogens with zero attached hydrogens (tertiary/aromatic N) is 1. The smallest absolute Gasteiger partial charge is 0.326 e. The van der Waals surface area contributed by atoms with Crippen molar-refractivity contribution in [3.05, 3.63) is 54.2 Å². The fraction of sp³-hybridized carbons (Fsp3) is 0.375. The number of fused-ring (bicyclic) bond motifs is 1. The fourth-order valence-corrected chi connectivity index (χ4v) is 4.23. The Kier molecular flexibility index (Phi) is 10.1. The van der Waals surface area contributed by atoms with E-state index in [9.17, 15) is 24.3 Å². The largest absolute Gasteiger partial charge is 0.480 e. The molecule has 0 aliphatic heterocycles. The summed E-state index contributed by atoms with van der Waals surface area (Å²) in [5.74, 6) is -2.39. The van der Waals surface area contributed by atoms with Crippen molar-refractivity contribution in [3.8, 4) is 0 Å². The van der Waals surface area contributed by atoms with Gasteiger partial charge in [-0.25, -0.2) is 9.78 Å². The van der Waals surface area contributed by atoms with Crippen LogP contribution in [0.15, 0.2) is 43.0 Å². The van der Waals surface area contributed by atoms with Crippen molar-refractivity contribution < 1.29 is 24.3 Å². The molecule has 3 amide bonds. The van der Waals surface area contributed by atoms with Gasteiger partial charge in [-0.15, -0.1) is 0 Å². The first kappa shape index (κ1) is 27.7. The number of carbonyl (C=O) groups excluding carboxylic acids is 3. The molecule has 3 atom stereocenters. The quantitative estimate of drug-likeness (QED) is 0.151. The Bertz CT molecular complexity index is 1210. The van der Waals surface area contributed by atoms with Crippen molar-refractivity contribution in [1.29, 1.82) is 0 Å². The molecule has 3 rings (SSSR count). The third-order valence-electron chi connectivity index (χ3n) is 5.73. The van der Waals surface area contributed by atoms with E-state index in [-0.39, 0.29) is 19.3 Å². The Morgan fingerprint density at radius 1 is 1.08 bits per heavy atom. The SMILES string of the molecule is CSCCC(NC(=O)CNC(=O)C(Cc1cnc[nH]1)NC(=O)C(N)Cc1c[nH]c2ccccc12)C(=O)O. The lowest BCUT2D eigenvalue weighted by molar-refractivity contribution is -0.141. The third-order valence-corrected chi connectivity index (χ3v) is 6.37. The van der Waals surface area contributed by atoms with E-state index >= 15 is 0 Å². The average Bonchev–Trinajstić information content (AvgIpc) is 3.54. The van der Waals surface area contributed by atoms with Crippen LogP contribution in [0.3, 0.4) is 0 Å². The summed E-state index contributed by atoms with van der Waals surface area (Å²) in [7, 11) is 0. The predicted octanol–water partition coefficient (Wildman–Crippen LogP) is -0.0730. The Balaban J connectivity index is 1.60. The van der Waals surface area contributed by atoms with Gasteiger partial charge in [-0.3, -0.25) is 14.4 Å². The van der Waals surface area contributed by atoms with Gasteiger partial charge in [0.15, 0.2) is 0 Å². The number of carboxylic acids is 1. The number of nitrogens with two attached hydrogens (primary N) is 1. The number of imidazole rings is 1. The van der Waals surface area contributed by atoms with Gasteiger partial charge >= 0.3 is 5.97 Å². The monoisotopic (exact) mass is 529 g/mol. The number of rotatable bonds is 14. The number of carbonyl (C=O) groups is 4. The van der Waals surface area contributed by atoms with Crippen LogP contribution in [0, 0.1) is 0 Å². The van der Waals surface area contributed by atoms with E-state index < -0.39 is 48.4 Å². The minimum Gasteiger partial charge on any atom is -0.480 e. The molecule has 0 saturated heterocycles. The highest BCUT2D eigenvalue weighted by Crippen LogP contribution is 2.18. The van der Waals surface area contributed by atoms with Gasteiger partial charge in [0.2, 0.25) is 17.7 Å². The molecule has 13 heteroatoms. The van der Waals surface area contributed by atoms with Crippen LogP contribution in [0.2, 0.25) is 0 Å². The van der Waals surface area contributed by atoms with Crippen LogP contribution in [0.5, 0.6) is 0 Å². The van der Waals surface area contributed by atoms with Crippen molar-refractivity contribution in [1.82, 2.24) is 30.9 Å². The van der Waals surface area contributed by atoms with E-state index in [1.165, 1.54) is 24.3 Å². The van der Waals surface area contributed by atoms with Crippen molar-refractivity contribution in [2.45, 2.75) is 37.4 Å². The molecule has 2 heterocycles. The molecule has 0 spiro atoms. The number of aromatic amines is 2. The zero-order valence-corrected chi connectivity index (χ0v) is 21.1. The number of para-hydroxylation sites is 1. The maximum absolute atomic E-state index is 12.9. The Morgan fingerprint density at radius 2 is 1.86 bits per heavy atom. The average molecular weight is 530 g/mol. The van der Waals surface area contributed by atoms with E-state index in [2.05, 4.69) is 30.9 Å². The van der Waals surface area contributed by atoms with Crippen molar-refractivity contribution in [3.63, 3.8) is 0 Å². The van der Waals surface area contributed by atoms with Crippen LogP contribution >= 0.6 is 11.8 Å². The number of hydrogen-bond donors (Lipinski definition) is 7. The first-order valence-corrected chi connectivity index (χ1v) is 13.0. The summed E-state index contributed by atoms with van der Waals surface area (Å²) >= 11 is 1.46. The number of aliphatic carboxylic acids is 1. The van der Waals surface area contributed by atoms with Gasteiger partial charge in [0.25, 0.3) is 0 Å². The first-order chi connectivity index (χ1) is 17.8. The summed E-state index contributed by atoms with van der Waals surface area (Å²) in [5.41, 5.74) is 8.57. The van der Waals surface area contributed by atoms with Crippen LogP contribution in [0.1, 0.15) is 17.7 Å². The van der Waals surface area contributed by atoms with E-state index in [0.29, 0.717) is 11.4 Å². The predicted molar refractivity (Wildman–Crippen MR) is 140 cm³/mol. The van der Waals surface area contributed by atoms with Gasteiger partial charge in [0.05, 0.1) is 18.9 Å². The van der Waals surface area contributed by atoms with Crippen LogP contribution in [-0.2, 0) is 32.0 Å². The molecule has 8 N–H and O–H groups in total. The van der Waals surface area contributed by atoms with Gasteiger partial charge in [-0.1, -0.05) is 18.2 Å². The molecule has 2 aromatic heterocycles. The van der Waals surface area contributed by atoms with Crippen LogP contribution in [0.25, 0.3) is 10.9 Å². The molecular formula is C24H31N7O5S. The zero-order valence-electron chi connectivity index (χ0n) is 20.3. The molecule has 0 fully saturated rings. The summed E-state index contributed by atoms with van der Waals surface area (Å²) < 4.78 is 0. The van der Waals surface area contributed by atoms with Crippen LogP contribution in [-0.4, -0.2) is 80.4 Å². The molecule has 3 aromatic rings. The zero-order chi connectivity index (χ0) is 26.8. The third kappa shape index (κ3) is 8.08.